The number of nitrogens with one attached hydrogen (secondary N) is 2. The second-order valence-corrected chi connectivity index (χ2v) is 5.80. The van der Waals surface area contributed by atoms with Gasteiger partial charge < -0.3 is 11.1 Å². The fourth-order valence-corrected chi connectivity index (χ4v) is 3.09. The summed E-state index contributed by atoms with van der Waals surface area (Å²) in [7, 11) is 0. The Morgan fingerprint density at radius 2 is 2.10 bits per heavy atom. The molecule has 0 radical (unpaired) electrons. The molecular formula is C17H18N4. The zero-order valence-electron chi connectivity index (χ0n) is 12.0. The van der Waals surface area contributed by atoms with Crippen LogP contribution < -0.4 is 11.1 Å². The molecule has 2 aliphatic rings. The summed E-state index contributed by atoms with van der Waals surface area (Å²) in [5, 5.41) is 11.1. The van der Waals surface area contributed by atoms with Crippen molar-refractivity contribution in [3.8, 4) is 11.3 Å². The van der Waals surface area contributed by atoms with Gasteiger partial charge in [0.15, 0.2) is 5.82 Å². The van der Waals surface area contributed by atoms with Crippen molar-refractivity contribution in [1.29, 1.82) is 0 Å². The quantitative estimate of drug-likeness (QED) is 0.673. The van der Waals surface area contributed by atoms with Crippen LogP contribution in [0.3, 0.4) is 0 Å². The van der Waals surface area contributed by atoms with E-state index in [0.29, 0.717) is 0 Å². The van der Waals surface area contributed by atoms with Crippen LogP contribution in [0.25, 0.3) is 11.3 Å². The van der Waals surface area contributed by atoms with Crippen molar-refractivity contribution < 1.29 is 0 Å². The molecule has 0 saturated carbocycles. The number of nitrogens with two attached hydrogens (primary N) is 1. The number of rotatable bonds is 2. The van der Waals surface area contributed by atoms with Crippen LogP contribution >= 0.6 is 0 Å². The molecule has 1 aromatic heterocycles. The molecule has 21 heavy (non-hydrogen) atoms. The van der Waals surface area contributed by atoms with Crippen LogP contribution in [0.1, 0.15) is 30.9 Å². The Kier molecular flexibility index (Phi) is 2.64. The van der Waals surface area contributed by atoms with E-state index in [1.807, 2.05) is 6.08 Å². The number of hydrogen-bond acceptors (Lipinski definition) is 3. The lowest BCUT2D eigenvalue weighted by atomic mass is 10.0. The number of anilines is 1. The van der Waals surface area contributed by atoms with Gasteiger partial charge >= 0.3 is 0 Å². The highest BCUT2D eigenvalue weighted by molar-refractivity contribution is 5.78. The minimum Gasteiger partial charge on any atom is -0.402 e. The van der Waals surface area contributed by atoms with Crippen LogP contribution in [-0.4, -0.2) is 10.2 Å². The fourth-order valence-electron chi connectivity index (χ4n) is 3.09. The van der Waals surface area contributed by atoms with Crippen LogP contribution in [-0.2, 0) is 6.42 Å². The third-order valence-electron chi connectivity index (χ3n) is 4.35. The van der Waals surface area contributed by atoms with E-state index in [-0.39, 0.29) is 0 Å². The number of benzene rings is 1. The molecule has 4 nitrogen and oxygen atoms in total. The van der Waals surface area contributed by atoms with Crippen LogP contribution in [0.4, 0.5) is 5.82 Å². The maximum absolute atomic E-state index is 5.96. The molecule has 1 heterocycles. The van der Waals surface area contributed by atoms with Crippen molar-refractivity contribution in [2.45, 2.75) is 26.2 Å². The van der Waals surface area contributed by atoms with E-state index in [0.717, 1.165) is 42.2 Å². The van der Waals surface area contributed by atoms with Gasteiger partial charge in [0.1, 0.15) is 0 Å². The van der Waals surface area contributed by atoms with E-state index in [9.17, 15) is 0 Å². The molecule has 1 aromatic carbocycles. The summed E-state index contributed by atoms with van der Waals surface area (Å²) < 4.78 is 0. The molecule has 0 saturated heterocycles. The van der Waals surface area contributed by atoms with E-state index >= 15 is 0 Å². The summed E-state index contributed by atoms with van der Waals surface area (Å²) in [5.41, 5.74) is 14.3. The Balaban J connectivity index is 1.69. The second kappa shape index (κ2) is 4.52. The van der Waals surface area contributed by atoms with Crippen LogP contribution in [0.5, 0.6) is 0 Å². The molecule has 2 aliphatic carbocycles. The summed E-state index contributed by atoms with van der Waals surface area (Å²) in [4.78, 5) is 0. The van der Waals surface area contributed by atoms with E-state index in [1.54, 1.807) is 0 Å². The molecule has 4 heteroatoms. The highest BCUT2D eigenvalue weighted by atomic mass is 15.2. The normalized spacial score (nSPS) is 16.5. The first kappa shape index (κ1) is 12.3. The number of H-pyrrole nitrogens is 1. The molecule has 4 rings (SSSR count). The first-order chi connectivity index (χ1) is 10.2. The SMILES string of the molecule is CC1=C(Nc2n[nH]c3c2Cc2ccccc2-3)C=C(N)CC1. The first-order valence-corrected chi connectivity index (χ1v) is 7.30. The van der Waals surface area contributed by atoms with Gasteiger partial charge in [-0.25, -0.2) is 0 Å². The third kappa shape index (κ3) is 1.95. The zero-order valence-corrected chi connectivity index (χ0v) is 12.0. The number of allylic oxidation sites excluding steroid dienone is 3. The minimum atomic E-state index is 0.918. The average molecular weight is 278 g/mol. The minimum absolute atomic E-state index is 0.918. The maximum atomic E-state index is 5.96. The van der Waals surface area contributed by atoms with Gasteiger partial charge in [-0.1, -0.05) is 24.3 Å². The molecule has 106 valence electrons. The molecule has 0 spiro atoms. The second-order valence-electron chi connectivity index (χ2n) is 5.80. The number of hydrogen-bond donors (Lipinski definition) is 3. The van der Waals surface area contributed by atoms with Crippen LogP contribution in [0.2, 0.25) is 0 Å². The number of aromatic nitrogens is 2. The molecule has 0 amide bonds. The van der Waals surface area contributed by atoms with Gasteiger partial charge in [0, 0.05) is 28.9 Å². The number of nitrogens with zero attached hydrogens (tertiary/aromatic N) is 1. The summed E-state index contributed by atoms with van der Waals surface area (Å²) in [5.74, 6) is 0.918. The van der Waals surface area contributed by atoms with Crippen LogP contribution in [0.15, 0.2) is 47.3 Å². The molecule has 0 fully saturated rings. The Hall–Kier alpha value is -2.49. The van der Waals surface area contributed by atoms with Crippen molar-refractivity contribution in [1.82, 2.24) is 10.2 Å². The van der Waals surface area contributed by atoms with Gasteiger partial charge in [-0.05, 0) is 37.0 Å². The largest absolute Gasteiger partial charge is 0.402 e. The van der Waals surface area contributed by atoms with Gasteiger partial charge in [-0.15, -0.1) is 0 Å². The molecule has 2 aromatic rings. The molecule has 0 aliphatic heterocycles. The highest BCUT2D eigenvalue weighted by Gasteiger charge is 2.24. The molecular weight excluding hydrogens is 260 g/mol. The van der Waals surface area contributed by atoms with Gasteiger partial charge in [0.25, 0.3) is 0 Å². The molecule has 4 N–H and O–H groups in total. The highest BCUT2D eigenvalue weighted by Crippen LogP contribution is 2.39. The lowest BCUT2D eigenvalue weighted by molar-refractivity contribution is 0.875. The van der Waals surface area contributed by atoms with Crippen molar-refractivity contribution in [2.75, 3.05) is 5.32 Å². The monoisotopic (exact) mass is 278 g/mol. The van der Waals surface area contributed by atoms with Gasteiger partial charge in [-0.2, -0.15) is 5.10 Å². The maximum Gasteiger partial charge on any atom is 0.156 e. The van der Waals surface area contributed by atoms with E-state index in [2.05, 4.69) is 46.7 Å². The van der Waals surface area contributed by atoms with Crippen molar-refractivity contribution in [2.24, 2.45) is 5.73 Å². The number of aromatic amines is 1. The fraction of sp³-hybridized carbons (Fsp3) is 0.235. The predicted octanol–water partition coefficient (Wildman–Crippen LogP) is 3.30. The summed E-state index contributed by atoms with van der Waals surface area (Å²) >= 11 is 0. The van der Waals surface area contributed by atoms with Crippen molar-refractivity contribution in [3.63, 3.8) is 0 Å². The van der Waals surface area contributed by atoms with Gasteiger partial charge in [0.2, 0.25) is 0 Å². The van der Waals surface area contributed by atoms with E-state index in [1.165, 1.54) is 22.3 Å². The standard InChI is InChI=1S/C17H18N4/c1-10-6-7-12(18)9-15(10)19-17-14-8-11-4-2-3-5-13(11)16(14)20-21-17/h2-5,9H,6-8,18H2,1H3,(H2,19,20,21). The lowest BCUT2D eigenvalue weighted by Gasteiger charge is -2.16. The third-order valence-corrected chi connectivity index (χ3v) is 4.35. The van der Waals surface area contributed by atoms with E-state index < -0.39 is 0 Å². The summed E-state index contributed by atoms with van der Waals surface area (Å²) in [6.45, 7) is 2.15. The van der Waals surface area contributed by atoms with Gasteiger partial charge in [0.05, 0.1) is 5.69 Å². The molecule has 0 bridgehead atoms. The summed E-state index contributed by atoms with van der Waals surface area (Å²) in [6, 6.07) is 8.48. The first-order valence-electron chi connectivity index (χ1n) is 7.30. The van der Waals surface area contributed by atoms with Gasteiger partial charge in [-0.3, -0.25) is 5.10 Å². The van der Waals surface area contributed by atoms with Crippen LogP contribution in [0, 0.1) is 0 Å². The Morgan fingerprint density at radius 3 is 3.00 bits per heavy atom. The Bertz CT molecular complexity index is 780. The Labute approximate surface area is 123 Å². The number of fused-ring (bicyclic) bond motifs is 3. The predicted molar refractivity (Wildman–Crippen MR) is 84.7 cm³/mol. The average Bonchev–Trinajstić information content (AvgIpc) is 3.03. The van der Waals surface area contributed by atoms with E-state index in [4.69, 9.17) is 5.73 Å². The zero-order chi connectivity index (χ0) is 14.4. The molecule has 0 atom stereocenters. The lowest BCUT2D eigenvalue weighted by Crippen LogP contribution is -2.10. The smallest absolute Gasteiger partial charge is 0.156 e. The molecule has 0 unspecified atom stereocenters. The van der Waals surface area contributed by atoms with Crippen molar-refractivity contribution in [3.05, 3.63) is 58.4 Å². The topological polar surface area (TPSA) is 66.7 Å². The van der Waals surface area contributed by atoms with Crippen molar-refractivity contribution >= 4 is 5.82 Å². The Morgan fingerprint density at radius 1 is 1.24 bits per heavy atom. The summed E-state index contributed by atoms with van der Waals surface area (Å²) in [6.07, 6.45) is 4.91.